The summed E-state index contributed by atoms with van der Waals surface area (Å²) in [6, 6.07) is 5.64. The van der Waals surface area contributed by atoms with E-state index in [1.54, 1.807) is 0 Å². The summed E-state index contributed by atoms with van der Waals surface area (Å²) >= 11 is 1.24. The van der Waals surface area contributed by atoms with Crippen molar-refractivity contribution in [1.82, 2.24) is 9.36 Å². The molecule has 1 aliphatic heterocycles. The summed E-state index contributed by atoms with van der Waals surface area (Å²) in [5.41, 5.74) is 0.240. The van der Waals surface area contributed by atoms with Gasteiger partial charge < -0.3 is 9.47 Å². The molecular formula is C18H21N3O3S. The smallest absolute Gasteiger partial charge is 0.236 e. The number of carbonyl (C=O) groups excluding carboxylic acids is 1. The van der Waals surface area contributed by atoms with Crippen molar-refractivity contribution in [3.63, 3.8) is 0 Å². The van der Waals surface area contributed by atoms with Gasteiger partial charge in [-0.25, -0.2) is 4.98 Å². The van der Waals surface area contributed by atoms with E-state index in [2.05, 4.69) is 21.6 Å². The first kappa shape index (κ1) is 16.3. The molecule has 1 aromatic carbocycles. The number of benzene rings is 1. The number of ether oxygens (including phenoxy) is 2. The van der Waals surface area contributed by atoms with Gasteiger partial charge in [-0.05, 0) is 44.4 Å². The Balaban J connectivity index is 1.53. The number of nitrogens with one attached hydrogen (secondary N) is 1. The zero-order valence-corrected chi connectivity index (χ0v) is 15.4. The fraction of sp³-hybridized carbons (Fsp3) is 0.500. The maximum absolute atomic E-state index is 12.8. The minimum atomic E-state index is -0.731. The van der Waals surface area contributed by atoms with Crippen LogP contribution >= 0.6 is 11.5 Å². The summed E-state index contributed by atoms with van der Waals surface area (Å²) in [5, 5.41) is 3.47. The van der Waals surface area contributed by atoms with Crippen molar-refractivity contribution in [2.24, 2.45) is 0 Å². The van der Waals surface area contributed by atoms with E-state index in [1.807, 2.05) is 32.0 Å². The number of carbonyl (C=O) groups is 1. The maximum atomic E-state index is 12.8. The van der Waals surface area contributed by atoms with Gasteiger partial charge in [-0.1, -0.05) is 13.0 Å². The van der Waals surface area contributed by atoms with E-state index in [1.165, 1.54) is 11.5 Å². The van der Waals surface area contributed by atoms with Crippen LogP contribution in [0.1, 0.15) is 45.0 Å². The number of hydrogen-bond donors (Lipinski definition) is 1. The van der Waals surface area contributed by atoms with Crippen molar-refractivity contribution >= 4 is 22.6 Å². The average Bonchev–Trinajstić information content (AvgIpc) is 3.17. The van der Waals surface area contributed by atoms with Crippen LogP contribution in [0, 0.1) is 0 Å². The number of aromatic nitrogens is 2. The van der Waals surface area contributed by atoms with Gasteiger partial charge >= 0.3 is 0 Å². The van der Waals surface area contributed by atoms with Crippen molar-refractivity contribution in [1.29, 1.82) is 0 Å². The highest BCUT2D eigenvalue weighted by Crippen LogP contribution is 2.46. The summed E-state index contributed by atoms with van der Waals surface area (Å²) in [7, 11) is 0. The minimum absolute atomic E-state index is 0.102. The molecule has 132 valence electrons. The van der Waals surface area contributed by atoms with E-state index in [4.69, 9.17) is 9.47 Å². The number of nitrogens with zero attached hydrogens (tertiary/aromatic N) is 2. The lowest BCUT2D eigenvalue weighted by Crippen LogP contribution is -2.35. The molecule has 4 rings (SSSR count). The predicted octanol–water partition coefficient (Wildman–Crippen LogP) is 3.28. The van der Waals surface area contributed by atoms with E-state index in [9.17, 15) is 4.79 Å². The second-order valence-corrected chi connectivity index (χ2v) is 8.17. The Labute approximate surface area is 150 Å². The molecule has 0 saturated heterocycles. The number of amides is 1. The van der Waals surface area contributed by atoms with Gasteiger partial charge in [-0.3, -0.25) is 10.1 Å². The highest BCUT2D eigenvalue weighted by Gasteiger charge is 2.43. The van der Waals surface area contributed by atoms with E-state index in [0.717, 1.165) is 30.0 Å². The first-order valence-electron chi connectivity index (χ1n) is 8.44. The standard InChI is InChI=1S/C18H21N3O3S/c1-17(2,11-4-5-12-13(10-11)24-9-8-23-12)15(22)20-16-19-14(21-25-16)18(3)6-7-18/h4-5,10H,6-9H2,1-3H3,(H,19,20,21,22). The van der Waals surface area contributed by atoms with Crippen molar-refractivity contribution < 1.29 is 14.3 Å². The lowest BCUT2D eigenvalue weighted by Gasteiger charge is -2.26. The van der Waals surface area contributed by atoms with Gasteiger partial charge in [0.25, 0.3) is 0 Å². The van der Waals surface area contributed by atoms with Crippen molar-refractivity contribution in [2.45, 2.75) is 44.4 Å². The van der Waals surface area contributed by atoms with Gasteiger partial charge in [-0.15, -0.1) is 0 Å². The Kier molecular flexibility index (Phi) is 3.72. The molecule has 1 N–H and O–H groups in total. The fourth-order valence-electron chi connectivity index (χ4n) is 2.75. The third-order valence-corrected chi connectivity index (χ3v) is 5.65. The summed E-state index contributed by atoms with van der Waals surface area (Å²) in [6.07, 6.45) is 2.22. The van der Waals surface area contributed by atoms with Crippen LogP contribution in [0.25, 0.3) is 0 Å². The Hall–Kier alpha value is -2.15. The fourth-order valence-corrected chi connectivity index (χ4v) is 3.45. The minimum Gasteiger partial charge on any atom is -0.486 e. The summed E-state index contributed by atoms with van der Waals surface area (Å²) in [6.45, 7) is 7.00. The van der Waals surface area contributed by atoms with Gasteiger partial charge in [0.05, 0.1) is 5.41 Å². The molecule has 1 amide bonds. The molecule has 2 heterocycles. The maximum Gasteiger partial charge on any atom is 0.236 e. The Morgan fingerprint density at radius 2 is 1.96 bits per heavy atom. The van der Waals surface area contributed by atoms with Gasteiger partial charge in [0, 0.05) is 16.9 Å². The molecule has 2 aromatic rings. The van der Waals surface area contributed by atoms with E-state index in [-0.39, 0.29) is 11.3 Å². The van der Waals surface area contributed by atoms with Crippen LogP contribution < -0.4 is 14.8 Å². The SMILES string of the molecule is CC1(c2nsc(NC(=O)C(C)(C)c3ccc4c(c3)OCCO4)n2)CC1. The molecule has 1 saturated carbocycles. The van der Waals surface area contributed by atoms with Gasteiger partial charge in [-0.2, -0.15) is 4.37 Å². The highest BCUT2D eigenvalue weighted by molar-refractivity contribution is 7.09. The third-order valence-electron chi connectivity index (χ3n) is 5.02. The molecule has 7 heteroatoms. The third kappa shape index (κ3) is 2.97. The van der Waals surface area contributed by atoms with Crippen molar-refractivity contribution in [2.75, 3.05) is 18.5 Å². The number of anilines is 1. The highest BCUT2D eigenvalue weighted by atomic mass is 32.1. The largest absolute Gasteiger partial charge is 0.486 e. The van der Waals surface area contributed by atoms with Gasteiger partial charge in [0.1, 0.15) is 13.2 Å². The van der Waals surface area contributed by atoms with Crippen LogP contribution in [0.4, 0.5) is 5.13 Å². The Bertz CT molecular complexity index is 827. The summed E-state index contributed by atoms with van der Waals surface area (Å²) < 4.78 is 15.6. The van der Waals surface area contributed by atoms with E-state index >= 15 is 0 Å². The average molecular weight is 359 g/mol. The molecule has 0 bridgehead atoms. The molecule has 1 aliphatic carbocycles. The Morgan fingerprint density at radius 1 is 1.24 bits per heavy atom. The van der Waals surface area contributed by atoms with Gasteiger partial charge in [0.15, 0.2) is 17.3 Å². The topological polar surface area (TPSA) is 73.3 Å². The summed E-state index contributed by atoms with van der Waals surface area (Å²) in [4.78, 5) is 17.3. The number of hydrogen-bond acceptors (Lipinski definition) is 6. The second-order valence-electron chi connectivity index (χ2n) is 7.42. The molecule has 0 radical (unpaired) electrons. The molecule has 2 aliphatic rings. The number of fused-ring (bicyclic) bond motifs is 1. The normalized spacial score (nSPS) is 17.9. The zero-order valence-electron chi connectivity index (χ0n) is 14.6. The first-order chi connectivity index (χ1) is 11.9. The van der Waals surface area contributed by atoms with Crippen LogP contribution in [0.2, 0.25) is 0 Å². The van der Waals surface area contributed by atoms with Crippen LogP contribution in [-0.4, -0.2) is 28.5 Å². The number of rotatable bonds is 4. The van der Waals surface area contributed by atoms with Crippen LogP contribution in [-0.2, 0) is 15.6 Å². The van der Waals surface area contributed by atoms with Crippen molar-refractivity contribution in [3.8, 4) is 11.5 Å². The van der Waals surface area contributed by atoms with E-state index < -0.39 is 5.41 Å². The van der Waals surface area contributed by atoms with Gasteiger partial charge in [0.2, 0.25) is 11.0 Å². The van der Waals surface area contributed by atoms with Crippen LogP contribution in [0.5, 0.6) is 11.5 Å². The molecule has 0 unspecified atom stereocenters. The molecule has 6 nitrogen and oxygen atoms in total. The summed E-state index contributed by atoms with van der Waals surface area (Å²) in [5.74, 6) is 2.12. The lowest BCUT2D eigenvalue weighted by molar-refractivity contribution is -0.120. The molecular weight excluding hydrogens is 338 g/mol. The predicted molar refractivity (Wildman–Crippen MR) is 95.6 cm³/mol. The lowest BCUT2D eigenvalue weighted by atomic mass is 9.83. The van der Waals surface area contributed by atoms with Crippen LogP contribution in [0.15, 0.2) is 18.2 Å². The second kappa shape index (κ2) is 5.69. The molecule has 1 aromatic heterocycles. The molecule has 0 spiro atoms. The van der Waals surface area contributed by atoms with E-state index in [0.29, 0.717) is 24.1 Å². The monoisotopic (exact) mass is 359 g/mol. The van der Waals surface area contributed by atoms with Crippen molar-refractivity contribution in [3.05, 3.63) is 29.6 Å². The first-order valence-corrected chi connectivity index (χ1v) is 9.22. The molecule has 0 atom stereocenters. The Morgan fingerprint density at radius 3 is 2.68 bits per heavy atom. The molecule has 1 fully saturated rings. The molecule has 25 heavy (non-hydrogen) atoms. The quantitative estimate of drug-likeness (QED) is 0.907. The van der Waals surface area contributed by atoms with Crippen LogP contribution in [0.3, 0.4) is 0 Å². The zero-order chi connectivity index (χ0) is 17.7.